The van der Waals surface area contributed by atoms with Crippen molar-refractivity contribution in [1.82, 2.24) is 9.80 Å². The topological polar surface area (TPSA) is 44.9 Å². The third-order valence-corrected chi connectivity index (χ3v) is 4.49. The predicted molar refractivity (Wildman–Crippen MR) is 101 cm³/mol. The lowest BCUT2D eigenvalue weighted by Gasteiger charge is -2.26. The monoisotopic (exact) mass is 408 g/mol. The highest BCUT2D eigenvalue weighted by atomic mass is 127. The van der Waals surface area contributed by atoms with Crippen LogP contribution in [0.15, 0.2) is 4.99 Å². The van der Waals surface area contributed by atoms with E-state index in [2.05, 4.69) is 23.6 Å². The van der Waals surface area contributed by atoms with Gasteiger partial charge in [0.25, 0.3) is 0 Å². The standard InChI is InChI=1S/C16H32N4.HI/c1-14(2)13-20-11-7-8-15(20)12-18-16(17)19-9-5-3-4-6-10-19;/h14-15H,3-13H2,1-2H3,(H2,17,18);1H/t15-;/m1./s1. The van der Waals surface area contributed by atoms with Crippen LogP contribution in [0, 0.1) is 5.92 Å². The maximum Gasteiger partial charge on any atom is 0.191 e. The first-order valence-corrected chi connectivity index (χ1v) is 8.45. The van der Waals surface area contributed by atoms with Crippen LogP contribution < -0.4 is 5.73 Å². The van der Waals surface area contributed by atoms with Gasteiger partial charge in [-0.3, -0.25) is 9.89 Å². The normalized spacial score (nSPS) is 25.0. The first kappa shape index (κ1) is 19.0. The van der Waals surface area contributed by atoms with Gasteiger partial charge in [0, 0.05) is 25.7 Å². The number of halogens is 1. The van der Waals surface area contributed by atoms with Gasteiger partial charge < -0.3 is 10.6 Å². The molecule has 2 heterocycles. The van der Waals surface area contributed by atoms with E-state index in [1.54, 1.807) is 0 Å². The summed E-state index contributed by atoms with van der Waals surface area (Å²) in [5, 5.41) is 0. The molecule has 0 unspecified atom stereocenters. The van der Waals surface area contributed by atoms with E-state index in [1.165, 1.54) is 51.6 Å². The Kier molecular flexibility index (Phi) is 8.94. The van der Waals surface area contributed by atoms with Crippen molar-refractivity contribution in [3.63, 3.8) is 0 Å². The van der Waals surface area contributed by atoms with Crippen LogP contribution in [0.2, 0.25) is 0 Å². The van der Waals surface area contributed by atoms with Gasteiger partial charge in [0.05, 0.1) is 6.54 Å². The average Bonchev–Trinajstić information content (AvgIpc) is 2.67. The highest BCUT2D eigenvalue weighted by molar-refractivity contribution is 14.0. The van der Waals surface area contributed by atoms with Gasteiger partial charge in [-0.25, -0.2) is 0 Å². The van der Waals surface area contributed by atoms with Crippen LogP contribution in [-0.4, -0.2) is 54.5 Å². The zero-order chi connectivity index (χ0) is 14.4. The maximum atomic E-state index is 6.20. The van der Waals surface area contributed by atoms with E-state index in [-0.39, 0.29) is 24.0 Å². The Balaban J connectivity index is 0.00000220. The zero-order valence-corrected chi connectivity index (χ0v) is 16.1. The molecule has 2 aliphatic heterocycles. The van der Waals surface area contributed by atoms with E-state index in [4.69, 9.17) is 10.7 Å². The molecule has 0 aliphatic carbocycles. The van der Waals surface area contributed by atoms with Crippen molar-refractivity contribution in [2.75, 3.05) is 32.7 Å². The summed E-state index contributed by atoms with van der Waals surface area (Å²) in [6.07, 6.45) is 7.81. The molecule has 21 heavy (non-hydrogen) atoms. The van der Waals surface area contributed by atoms with Gasteiger partial charge in [0.1, 0.15) is 0 Å². The molecule has 5 heteroatoms. The molecule has 4 nitrogen and oxygen atoms in total. The Labute approximate surface area is 147 Å². The minimum absolute atomic E-state index is 0. The fourth-order valence-corrected chi connectivity index (χ4v) is 3.41. The van der Waals surface area contributed by atoms with Crippen molar-refractivity contribution in [3.05, 3.63) is 0 Å². The lowest BCUT2D eigenvalue weighted by Crippen LogP contribution is -2.40. The van der Waals surface area contributed by atoms with Crippen LogP contribution >= 0.6 is 24.0 Å². The van der Waals surface area contributed by atoms with E-state index >= 15 is 0 Å². The molecule has 2 N–H and O–H groups in total. The van der Waals surface area contributed by atoms with Gasteiger partial charge in [-0.1, -0.05) is 26.7 Å². The van der Waals surface area contributed by atoms with Gasteiger partial charge in [-0.05, 0) is 38.1 Å². The molecule has 2 rings (SSSR count). The fraction of sp³-hybridized carbons (Fsp3) is 0.938. The summed E-state index contributed by atoms with van der Waals surface area (Å²) in [6.45, 7) is 10.1. The molecular formula is C16H33IN4. The van der Waals surface area contributed by atoms with E-state index in [1.807, 2.05) is 0 Å². The predicted octanol–water partition coefficient (Wildman–Crippen LogP) is 2.92. The zero-order valence-electron chi connectivity index (χ0n) is 13.8. The number of nitrogens with two attached hydrogens (primary N) is 1. The van der Waals surface area contributed by atoms with Crippen molar-refractivity contribution < 1.29 is 0 Å². The van der Waals surface area contributed by atoms with Crippen molar-refractivity contribution in [3.8, 4) is 0 Å². The quantitative estimate of drug-likeness (QED) is 0.442. The van der Waals surface area contributed by atoms with Crippen molar-refractivity contribution in [1.29, 1.82) is 0 Å². The lowest BCUT2D eigenvalue weighted by molar-refractivity contribution is 0.230. The third kappa shape index (κ3) is 6.30. The summed E-state index contributed by atoms with van der Waals surface area (Å²) in [7, 11) is 0. The molecule has 2 fully saturated rings. The molecule has 0 spiro atoms. The van der Waals surface area contributed by atoms with E-state index in [0.29, 0.717) is 6.04 Å². The fourth-order valence-electron chi connectivity index (χ4n) is 3.41. The van der Waals surface area contributed by atoms with Crippen molar-refractivity contribution >= 4 is 29.9 Å². The van der Waals surface area contributed by atoms with Gasteiger partial charge in [0.2, 0.25) is 0 Å². The summed E-state index contributed by atoms with van der Waals surface area (Å²) in [6, 6.07) is 0.614. The number of nitrogens with zero attached hydrogens (tertiary/aromatic N) is 3. The third-order valence-electron chi connectivity index (χ3n) is 4.49. The molecular weight excluding hydrogens is 375 g/mol. The first-order chi connectivity index (χ1) is 9.66. The Morgan fingerprint density at radius 2 is 1.76 bits per heavy atom. The molecule has 0 aromatic rings. The van der Waals surface area contributed by atoms with Crippen LogP contribution in [0.3, 0.4) is 0 Å². The molecule has 1 atom stereocenters. The smallest absolute Gasteiger partial charge is 0.191 e. The van der Waals surface area contributed by atoms with E-state index in [0.717, 1.165) is 31.5 Å². The summed E-state index contributed by atoms with van der Waals surface area (Å²) >= 11 is 0. The second-order valence-electron chi connectivity index (χ2n) is 6.78. The number of rotatable bonds is 4. The molecule has 0 saturated carbocycles. The van der Waals surface area contributed by atoms with Gasteiger partial charge in [-0.15, -0.1) is 24.0 Å². The van der Waals surface area contributed by atoms with Crippen LogP contribution in [-0.2, 0) is 0 Å². The number of likely N-dealkylation sites (tertiary alicyclic amines) is 2. The van der Waals surface area contributed by atoms with Crippen LogP contribution in [0.1, 0.15) is 52.4 Å². The van der Waals surface area contributed by atoms with Gasteiger partial charge >= 0.3 is 0 Å². The Bertz CT molecular complexity index is 311. The first-order valence-electron chi connectivity index (χ1n) is 8.45. The van der Waals surface area contributed by atoms with Crippen LogP contribution in [0.4, 0.5) is 0 Å². The maximum absolute atomic E-state index is 6.20. The van der Waals surface area contributed by atoms with Crippen molar-refractivity contribution in [2.45, 2.75) is 58.4 Å². The Hall–Kier alpha value is -0.0400. The molecule has 0 aromatic heterocycles. The number of aliphatic imine (C=N–C) groups is 1. The number of hydrogen-bond acceptors (Lipinski definition) is 2. The second kappa shape index (κ2) is 9.87. The molecule has 2 saturated heterocycles. The minimum atomic E-state index is 0. The highest BCUT2D eigenvalue weighted by Gasteiger charge is 2.24. The van der Waals surface area contributed by atoms with Gasteiger partial charge in [0.15, 0.2) is 5.96 Å². The summed E-state index contributed by atoms with van der Waals surface area (Å²) in [5.41, 5.74) is 6.20. The van der Waals surface area contributed by atoms with Crippen LogP contribution in [0.5, 0.6) is 0 Å². The number of guanidine groups is 1. The molecule has 2 aliphatic rings. The lowest BCUT2D eigenvalue weighted by atomic mass is 10.2. The Morgan fingerprint density at radius 1 is 1.10 bits per heavy atom. The Morgan fingerprint density at radius 3 is 2.38 bits per heavy atom. The van der Waals surface area contributed by atoms with E-state index < -0.39 is 0 Å². The second-order valence-corrected chi connectivity index (χ2v) is 6.78. The summed E-state index contributed by atoms with van der Waals surface area (Å²) < 4.78 is 0. The largest absolute Gasteiger partial charge is 0.370 e. The average molecular weight is 408 g/mol. The van der Waals surface area contributed by atoms with E-state index in [9.17, 15) is 0 Å². The number of hydrogen-bond donors (Lipinski definition) is 1. The summed E-state index contributed by atoms with van der Waals surface area (Å²) in [5.74, 6) is 1.52. The minimum Gasteiger partial charge on any atom is -0.370 e. The van der Waals surface area contributed by atoms with Gasteiger partial charge in [-0.2, -0.15) is 0 Å². The molecule has 124 valence electrons. The van der Waals surface area contributed by atoms with Crippen LogP contribution in [0.25, 0.3) is 0 Å². The summed E-state index contributed by atoms with van der Waals surface area (Å²) in [4.78, 5) is 9.60. The SMILES string of the molecule is CC(C)CN1CCC[C@@H]1CN=C(N)N1CCCCCC1.I. The highest BCUT2D eigenvalue weighted by Crippen LogP contribution is 2.19. The molecule has 0 radical (unpaired) electrons. The molecule has 0 amide bonds. The molecule has 0 bridgehead atoms. The molecule has 0 aromatic carbocycles. The van der Waals surface area contributed by atoms with Crippen molar-refractivity contribution in [2.24, 2.45) is 16.6 Å².